The molecule has 192 valence electrons. The first-order valence-electron chi connectivity index (χ1n) is 11.6. The molecule has 1 unspecified atom stereocenters. The third kappa shape index (κ3) is 5.66. The molecule has 4 heterocycles. The van der Waals surface area contributed by atoms with Gasteiger partial charge in [0.05, 0.1) is 10.7 Å². The molecular weight excluding hydrogens is 560 g/mol. The number of hydrogen-bond acceptors (Lipinski definition) is 6. The third-order valence-corrected chi connectivity index (χ3v) is 8.04. The average molecular weight is 585 g/mol. The maximum atomic E-state index is 13.2. The van der Waals surface area contributed by atoms with Gasteiger partial charge in [0.1, 0.15) is 17.6 Å². The highest BCUT2D eigenvalue weighted by atomic mass is 79.9. The van der Waals surface area contributed by atoms with Gasteiger partial charge in [0, 0.05) is 54.3 Å². The minimum Gasteiger partial charge on any atom is -0.376 e. The zero-order chi connectivity index (χ0) is 25.2. The van der Waals surface area contributed by atoms with Gasteiger partial charge < -0.3 is 4.90 Å². The lowest BCUT2D eigenvalue weighted by atomic mass is 9.98. The molecule has 0 saturated carbocycles. The molecule has 1 aromatic carbocycles. The Balaban J connectivity index is 1.18. The number of nitrogens with zero attached hydrogens (tertiary/aromatic N) is 4. The molecule has 2 aliphatic rings. The first-order chi connectivity index (χ1) is 17.4. The van der Waals surface area contributed by atoms with E-state index in [0.717, 1.165) is 51.9 Å². The van der Waals surface area contributed by atoms with Crippen LogP contribution >= 0.6 is 27.3 Å². The number of aromatic nitrogens is 3. The van der Waals surface area contributed by atoms with Gasteiger partial charge in [0.15, 0.2) is 0 Å². The predicted molar refractivity (Wildman–Crippen MR) is 134 cm³/mol. The van der Waals surface area contributed by atoms with E-state index in [1.807, 2.05) is 4.90 Å². The number of alkyl halides is 4. The summed E-state index contributed by atoms with van der Waals surface area (Å²) in [6, 6.07) is 7.07. The Morgan fingerprint density at radius 3 is 2.47 bits per heavy atom. The van der Waals surface area contributed by atoms with Crippen molar-refractivity contribution in [1.29, 1.82) is 0 Å². The normalized spacial score (nSPS) is 19.4. The quantitative estimate of drug-likeness (QED) is 0.339. The molecule has 0 aliphatic carbocycles. The summed E-state index contributed by atoms with van der Waals surface area (Å²) in [5.74, 6) is 0.319. The van der Waals surface area contributed by atoms with Crippen molar-refractivity contribution >= 4 is 33.5 Å². The predicted octanol–water partition coefficient (Wildman–Crippen LogP) is 6.18. The fraction of sp³-hybridized carbons (Fsp3) is 0.417. The summed E-state index contributed by atoms with van der Waals surface area (Å²) < 4.78 is 54.0. The van der Waals surface area contributed by atoms with Gasteiger partial charge in [0.2, 0.25) is 0 Å². The van der Waals surface area contributed by atoms with E-state index in [1.165, 1.54) is 17.3 Å². The molecule has 0 bridgehead atoms. The number of piperidine rings is 1. The van der Waals surface area contributed by atoms with E-state index in [2.05, 4.69) is 55.2 Å². The summed E-state index contributed by atoms with van der Waals surface area (Å²) in [6.07, 6.45) is -1.09. The second-order valence-electron chi connectivity index (χ2n) is 8.87. The molecule has 5 rings (SSSR count). The lowest BCUT2D eigenvalue weighted by Crippen LogP contribution is -2.31. The van der Waals surface area contributed by atoms with Gasteiger partial charge in [-0.1, -0.05) is 22.0 Å². The van der Waals surface area contributed by atoms with E-state index in [0.29, 0.717) is 19.0 Å². The highest BCUT2D eigenvalue weighted by molar-refractivity contribution is 9.10. The lowest BCUT2D eigenvalue weighted by molar-refractivity contribution is 0.143. The van der Waals surface area contributed by atoms with Crippen LogP contribution in [0.15, 0.2) is 40.3 Å². The number of benzene rings is 1. The number of nitrogens with one attached hydrogen (secondary N) is 2. The van der Waals surface area contributed by atoms with Crippen molar-refractivity contribution in [1.82, 2.24) is 30.3 Å². The van der Waals surface area contributed by atoms with Crippen LogP contribution in [0, 0.1) is 0 Å². The van der Waals surface area contributed by atoms with Gasteiger partial charge in [-0.25, -0.2) is 27.2 Å². The molecule has 36 heavy (non-hydrogen) atoms. The molecule has 0 radical (unpaired) electrons. The van der Waals surface area contributed by atoms with Crippen LogP contribution in [0.5, 0.6) is 0 Å². The number of thiazole rings is 1. The van der Waals surface area contributed by atoms with Gasteiger partial charge in [-0.2, -0.15) is 5.10 Å². The van der Waals surface area contributed by atoms with Crippen LogP contribution in [0.4, 0.5) is 17.6 Å². The number of halogens is 5. The van der Waals surface area contributed by atoms with Crippen LogP contribution in [-0.2, 0) is 13.1 Å². The van der Waals surface area contributed by atoms with Gasteiger partial charge >= 0.3 is 0 Å². The maximum Gasteiger partial charge on any atom is 0.282 e. The summed E-state index contributed by atoms with van der Waals surface area (Å²) in [6.45, 7) is 2.95. The molecule has 1 saturated heterocycles. The van der Waals surface area contributed by atoms with Crippen LogP contribution < -0.4 is 10.6 Å². The average Bonchev–Trinajstić information content (AvgIpc) is 3.47. The number of hydrogen-bond donors (Lipinski definition) is 2. The summed E-state index contributed by atoms with van der Waals surface area (Å²) in [7, 11) is 0. The third-order valence-electron chi connectivity index (χ3n) is 6.53. The molecule has 2 aliphatic heterocycles. The van der Waals surface area contributed by atoms with Crippen molar-refractivity contribution in [2.75, 3.05) is 13.1 Å². The van der Waals surface area contributed by atoms with E-state index in [9.17, 15) is 17.6 Å². The van der Waals surface area contributed by atoms with Crippen molar-refractivity contribution in [3.63, 3.8) is 0 Å². The number of fused-ring (bicyclic) bond motifs is 1. The fourth-order valence-corrected chi connectivity index (χ4v) is 5.95. The monoisotopic (exact) mass is 584 g/mol. The minimum absolute atomic E-state index is 0.0274. The van der Waals surface area contributed by atoms with Crippen molar-refractivity contribution < 1.29 is 17.6 Å². The Labute approximate surface area is 218 Å². The Kier molecular flexibility index (Phi) is 7.75. The van der Waals surface area contributed by atoms with E-state index >= 15 is 0 Å². The molecule has 2 N–H and O–H groups in total. The van der Waals surface area contributed by atoms with Crippen molar-refractivity contribution in [2.24, 2.45) is 0 Å². The molecule has 6 nitrogen and oxygen atoms in total. The summed E-state index contributed by atoms with van der Waals surface area (Å²) >= 11 is 5.20. The molecule has 0 spiro atoms. The van der Waals surface area contributed by atoms with Crippen molar-refractivity contribution in [3.8, 4) is 0 Å². The van der Waals surface area contributed by atoms with E-state index in [4.69, 9.17) is 4.98 Å². The highest BCUT2D eigenvalue weighted by Crippen LogP contribution is 2.32. The highest BCUT2D eigenvalue weighted by Gasteiger charge is 2.25. The van der Waals surface area contributed by atoms with Crippen LogP contribution in [0.25, 0.3) is 6.20 Å². The summed E-state index contributed by atoms with van der Waals surface area (Å²) in [4.78, 5) is 6.92. The van der Waals surface area contributed by atoms with Crippen LogP contribution in [0.1, 0.15) is 71.0 Å². The Morgan fingerprint density at radius 2 is 1.75 bits per heavy atom. The fourth-order valence-electron chi connectivity index (χ4n) is 4.53. The number of likely N-dealkylation sites (tertiary alicyclic amines) is 1. The Hall–Kier alpha value is -2.28. The largest absolute Gasteiger partial charge is 0.376 e. The van der Waals surface area contributed by atoms with Crippen molar-refractivity contribution in [2.45, 2.75) is 50.9 Å². The van der Waals surface area contributed by atoms with Gasteiger partial charge in [0.25, 0.3) is 12.9 Å². The lowest BCUT2D eigenvalue weighted by Gasteiger charge is -2.30. The zero-order valence-electron chi connectivity index (χ0n) is 19.2. The Morgan fingerprint density at radius 1 is 1.00 bits per heavy atom. The standard InChI is InChI=1S/C24H25BrF4N6S/c25-17-2-1-15-11-30-23(31-12-16(15)9-17)19-13-36-24(32-19)14-3-5-34(6-4-14)7-8-35-20(22(28)29)10-18(33-35)21(26)27/h1-2,7-10,13-14,21-23,30-31H,3-6,11-12H2. The second kappa shape index (κ2) is 11.0. The smallest absolute Gasteiger partial charge is 0.282 e. The van der Waals surface area contributed by atoms with Gasteiger partial charge in [-0.15, -0.1) is 11.3 Å². The summed E-state index contributed by atoms with van der Waals surface area (Å²) in [5, 5.41) is 13.9. The SMILES string of the molecule is FC(F)c1cc(C(F)F)n(C=CN2CCC(c3nc(C4NCc5ccc(Br)cc5CN4)cs3)CC2)n1. The molecule has 0 amide bonds. The number of rotatable bonds is 6. The van der Waals surface area contributed by atoms with E-state index in [-0.39, 0.29) is 6.17 Å². The molecule has 2 aromatic heterocycles. The Bertz CT molecular complexity index is 1220. The van der Waals surface area contributed by atoms with E-state index in [1.54, 1.807) is 17.5 Å². The summed E-state index contributed by atoms with van der Waals surface area (Å²) in [5.41, 5.74) is 2.32. The van der Waals surface area contributed by atoms with Crippen LogP contribution in [0.3, 0.4) is 0 Å². The second-order valence-corrected chi connectivity index (χ2v) is 10.7. The molecular formula is C24H25BrF4N6S. The van der Waals surface area contributed by atoms with Crippen LogP contribution in [0.2, 0.25) is 0 Å². The topological polar surface area (TPSA) is 58.0 Å². The first kappa shape index (κ1) is 25.4. The molecule has 12 heteroatoms. The maximum absolute atomic E-state index is 13.2. The first-order valence-corrected chi connectivity index (χ1v) is 13.3. The molecule has 3 aromatic rings. The minimum atomic E-state index is -2.89. The molecule has 1 fully saturated rings. The zero-order valence-corrected chi connectivity index (χ0v) is 21.6. The molecule has 1 atom stereocenters. The van der Waals surface area contributed by atoms with Crippen molar-refractivity contribution in [3.05, 3.63) is 73.5 Å². The van der Waals surface area contributed by atoms with E-state index < -0.39 is 24.2 Å². The van der Waals surface area contributed by atoms with Gasteiger partial charge in [-0.3, -0.25) is 10.6 Å². The van der Waals surface area contributed by atoms with Gasteiger partial charge in [-0.05, 0) is 42.2 Å². The van der Waals surface area contributed by atoms with Crippen LogP contribution in [-0.4, -0.2) is 32.8 Å².